The maximum absolute atomic E-state index is 12.0. The van der Waals surface area contributed by atoms with Gasteiger partial charge in [-0.05, 0) is 18.2 Å². The number of hydrogen-bond acceptors (Lipinski definition) is 3. The largest absolute Gasteiger partial charge is 0.340 e. The highest BCUT2D eigenvalue weighted by atomic mass is 35.5. The molecule has 0 aliphatic rings. The molecule has 4 nitrogen and oxygen atoms in total. The summed E-state index contributed by atoms with van der Waals surface area (Å²) in [5, 5.41) is 0.682. The van der Waals surface area contributed by atoms with Gasteiger partial charge in [0.05, 0.1) is 17.8 Å². The Morgan fingerprint density at radius 2 is 2.00 bits per heavy atom. The average molecular weight is 297 g/mol. The number of aromatic nitrogens is 2. The van der Waals surface area contributed by atoms with Crippen LogP contribution in [0.4, 0.5) is 0 Å². The third-order valence-corrected chi connectivity index (χ3v) is 3.11. The van der Waals surface area contributed by atoms with E-state index in [2.05, 4.69) is 4.98 Å². The van der Waals surface area contributed by atoms with Crippen LogP contribution in [0.1, 0.15) is 27.3 Å². The Morgan fingerprint density at radius 3 is 2.63 bits per heavy atom. The van der Waals surface area contributed by atoms with Gasteiger partial charge >= 0.3 is 0 Å². The summed E-state index contributed by atoms with van der Waals surface area (Å²) >= 11 is 11.7. The van der Waals surface area contributed by atoms with Gasteiger partial charge in [0.25, 0.3) is 0 Å². The number of carbonyl (C=O) groups excluding carboxylic acids is 2. The molecule has 0 atom stereocenters. The lowest BCUT2D eigenvalue weighted by Gasteiger charge is -2.03. The topological polar surface area (TPSA) is 52.0 Å². The van der Waals surface area contributed by atoms with Gasteiger partial charge in [-0.25, -0.2) is 4.98 Å². The molecule has 19 heavy (non-hydrogen) atoms. The van der Waals surface area contributed by atoms with E-state index in [9.17, 15) is 9.59 Å². The van der Waals surface area contributed by atoms with Crippen molar-refractivity contribution in [3.63, 3.8) is 0 Å². The molecule has 0 radical (unpaired) electrons. The van der Waals surface area contributed by atoms with Crippen molar-refractivity contribution in [2.45, 2.75) is 6.42 Å². The Balaban J connectivity index is 2.17. The molecule has 1 heterocycles. The lowest BCUT2D eigenvalue weighted by atomic mass is 10.0. The zero-order valence-electron chi connectivity index (χ0n) is 10.1. The fraction of sp³-hybridized carbons (Fsp3) is 0.154. The number of nitrogens with zero attached hydrogens (tertiary/aromatic N) is 2. The summed E-state index contributed by atoms with van der Waals surface area (Å²) < 4.78 is 1.64. The predicted molar refractivity (Wildman–Crippen MR) is 72.9 cm³/mol. The van der Waals surface area contributed by atoms with Crippen molar-refractivity contribution in [1.29, 1.82) is 0 Å². The lowest BCUT2D eigenvalue weighted by Crippen LogP contribution is -2.09. The van der Waals surface area contributed by atoms with Crippen LogP contribution in [0.2, 0.25) is 10.0 Å². The Bertz CT molecular complexity index is 650. The minimum atomic E-state index is -0.372. The number of imidazole rings is 1. The van der Waals surface area contributed by atoms with Crippen LogP contribution < -0.4 is 0 Å². The quantitative estimate of drug-likeness (QED) is 0.643. The highest BCUT2D eigenvalue weighted by molar-refractivity contribution is 6.36. The van der Waals surface area contributed by atoms with Gasteiger partial charge in [-0.3, -0.25) is 9.59 Å². The maximum atomic E-state index is 12.0. The molecule has 2 aromatic rings. The molecule has 0 bridgehead atoms. The second-order valence-corrected chi connectivity index (χ2v) is 4.92. The molecule has 6 heteroatoms. The van der Waals surface area contributed by atoms with E-state index in [0.29, 0.717) is 5.02 Å². The van der Waals surface area contributed by atoms with Crippen molar-refractivity contribution in [2.24, 2.45) is 7.05 Å². The molecule has 0 N–H and O–H groups in total. The fourth-order valence-corrected chi connectivity index (χ4v) is 1.99. The standard InChI is InChI=1S/C13H10Cl2N2O2/c1-17-6-11(16-7-17)13(19)5-12(18)9-4-8(14)2-3-10(9)15/h2-4,6-7H,5H2,1H3. The van der Waals surface area contributed by atoms with Crippen LogP contribution >= 0.6 is 23.2 Å². The highest BCUT2D eigenvalue weighted by Gasteiger charge is 2.18. The van der Waals surface area contributed by atoms with Crippen molar-refractivity contribution < 1.29 is 9.59 Å². The zero-order chi connectivity index (χ0) is 14.0. The first kappa shape index (κ1) is 13.8. The van der Waals surface area contributed by atoms with Crippen molar-refractivity contribution in [3.8, 4) is 0 Å². The molecule has 1 aromatic heterocycles. The van der Waals surface area contributed by atoms with Gasteiger partial charge in [0.15, 0.2) is 11.6 Å². The molecule has 0 saturated heterocycles. The Morgan fingerprint density at radius 1 is 1.26 bits per heavy atom. The normalized spacial score (nSPS) is 10.5. The molecular weight excluding hydrogens is 287 g/mol. The summed E-state index contributed by atoms with van der Waals surface area (Å²) in [6, 6.07) is 4.57. The van der Waals surface area contributed by atoms with Gasteiger partial charge in [0.2, 0.25) is 0 Å². The van der Waals surface area contributed by atoms with E-state index in [1.54, 1.807) is 23.9 Å². The van der Waals surface area contributed by atoms with Crippen LogP contribution in [0.3, 0.4) is 0 Å². The number of halogens is 2. The molecule has 0 unspecified atom stereocenters. The van der Waals surface area contributed by atoms with Crippen molar-refractivity contribution in [2.75, 3.05) is 0 Å². The summed E-state index contributed by atoms with van der Waals surface area (Å²) in [6.45, 7) is 0. The first-order valence-corrected chi connectivity index (χ1v) is 6.22. The van der Waals surface area contributed by atoms with Crippen molar-refractivity contribution in [3.05, 3.63) is 52.0 Å². The fourth-order valence-electron chi connectivity index (χ4n) is 1.60. The van der Waals surface area contributed by atoms with Gasteiger partial charge < -0.3 is 4.57 Å². The average Bonchev–Trinajstić information content (AvgIpc) is 2.79. The summed E-state index contributed by atoms with van der Waals surface area (Å²) in [4.78, 5) is 27.8. The van der Waals surface area contributed by atoms with Gasteiger partial charge in [-0.15, -0.1) is 0 Å². The first-order valence-electron chi connectivity index (χ1n) is 5.47. The van der Waals surface area contributed by atoms with Gasteiger partial charge in [-0.1, -0.05) is 23.2 Å². The van der Waals surface area contributed by atoms with Crippen molar-refractivity contribution >= 4 is 34.8 Å². The molecule has 0 saturated carbocycles. The van der Waals surface area contributed by atoms with E-state index in [-0.39, 0.29) is 34.3 Å². The number of benzene rings is 1. The maximum Gasteiger partial charge on any atom is 0.190 e. The van der Waals surface area contributed by atoms with Crippen molar-refractivity contribution in [1.82, 2.24) is 9.55 Å². The minimum absolute atomic E-state index is 0.249. The Labute approximate surface area is 120 Å². The SMILES string of the molecule is Cn1cnc(C(=O)CC(=O)c2cc(Cl)ccc2Cl)c1. The highest BCUT2D eigenvalue weighted by Crippen LogP contribution is 2.22. The lowest BCUT2D eigenvalue weighted by molar-refractivity contribution is 0.0892. The molecule has 0 spiro atoms. The predicted octanol–water partition coefficient (Wildman–Crippen LogP) is 3.18. The zero-order valence-corrected chi connectivity index (χ0v) is 11.6. The van der Waals surface area contributed by atoms with Crippen LogP contribution in [0.5, 0.6) is 0 Å². The molecule has 1 aromatic carbocycles. The number of Topliss-reactive ketones (excluding diaryl/α,β-unsaturated/α-hetero) is 2. The second kappa shape index (κ2) is 5.55. The van der Waals surface area contributed by atoms with Crippen LogP contribution in [0.15, 0.2) is 30.7 Å². The van der Waals surface area contributed by atoms with E-state index >= 15 is 0 Å². The second-order valence-electron chi connectivity index (χ2n) is 4.07. The third kappa shape index (κ3) is 3.22. The number of rotatable bonds is 4. The molecular formula is C13H10Cl2N2O2. The molecule has 0 amide bonds. The minimum Gasteiger partial charge on any atom is -0.340 e. The van der Waals surface area contributed by atoms with Gasteiger partial charge in [0.1, 0.15) is 5.69 Å². The number of hydrogen-bond donors (Lipinski definition) is 0. The summed E-state index contributed by atoms with van der Waals surface area (Å²) in [7, 11) is 1.75. The van der Waals surface area contributed by atoms with Crippen LogP contribution in [-0.4, -0.2) is 21.1 Å². The summed E-state index contributed by atoms with van der Waals surface area (Å²) in [5.41, 5.74) is 0.507. The number of carbonyl (C=O) groups is 2. The summed E-state index contributed by atoms with van der Waals surface area (Å²) in [5.74, 6) is -0.718. The van der Waals surface area contributed by atoms with E-state index in [4.69, 9.17) is 23.2 Å². The van der Waals surface area contributed by atoms with Crippen LogP contribution in [0, 0.1) is 0 Å². The molecule has 2 rings (SSSR count). The monoisotopic (exact) mass is 296 g/mol. The third-order valence-electron chi connectivity index (χ3n) is 2.54. The van der Waals surface area contributed by atoms with E-state index in [1.807, 2.05) is 0 Å². The molecule has 98 valence electrons. The Hall–Kier alpha value is -1.65. The first-order chi connectivity index (χ1) is 8.97. The number of aryl methyl sites for hydroxylation is 1. The van der Waals surface area contributed by atoms with Crippen LogP contribution in [0.25, 0.3) is 0 Å². The molecule has 0 aliphatic heterocycles. The van der Waals surface area contributed by atoms with Gasteiger partial charge in [-0.2, -0.15) is 0 Å². The molecule has 0 aliphatic carbocycles. The van der Waals surface area contributed by atoms with E-state index in [1.165, 1.54) is 18.5 Å². The number of ketones is 2. The smallest absolute Gasteiger partial charge is 0.190 e. The van der Waals surface area contributed by atoms with Gasteiger partial charge in [0, 0.05) is 23.8 Å². The molecule has 0 fully saturated rings. The Kier molecular flexibility index (Phi) is 4.02. The van der Waals surface area contributed by atoms with E-state index in [0.717, 1.165) is 0 Å². The van der Waals surface area contributed by atoms with E-state index < -0.39 is 0 Å². The summed E-state index contributed by atoms with van der Waals surface area (Å²) in [6.07, 6.45) is 2.79. The van der Waals surface area contributed by atoms with Crippen LogP contribution in [-0.2, 0) is 7.05 Å².